The normalized spacial score (nSPS) is 10.3. The first-order valence-electron chi connectivity index (χ1n) is 5.48. The molecule has 2 rings (SSSR count). The molecule has 0 fully saturated rings. The van der Waals surface area contributed by atoms with Gasteiger partial charge < -0.3 is 10.4 Å². The van der Waals surface area contributed by atoms with Gasteiger partial charge in [0.05, 0.1) is 10.6 Å². The molecular formula is C13H9FINO3S. The zero-order valence-corrected chi connectivity index (χ0v) is 13.2. The van der Waals surface area contributed by atoms with Gasteiger partial charge in [0.15, 0.2) is 0 Å². The minimum atomic E-state index is -1.02. The van der Waals surface area contributed by atoms with E-state index in [0.29, 0.717) is 19.7 Å². The Balaban J connectivity index is 2.23. The highest BCUT2D eigenvalue weighted by Crippen LogP contribution is 2.27. The molecule has 0 bridgehead atoms. The molecule has 2 N–H and O–H groups in total. The summed E-state index contributed by atoms with van der Waals surface area (Å²) < 4.78 is 13.5. The zero-order valence-electron chi connectivity index (χ0n) is 10.2. The van der Waals surface area contributed by atoms with Crippen molar-refractivity contribution >= 4 is 50.8 Å². The molecule has 0 saturated carbocycles. The number of benzene rings is 1. The van der Waals surface area contributed by atoms with Crippen molar-refractivity contribution in [1.82, 2.24) is 0 Å². The molecule has 0 atom stereocenters. The molecule has 104 valence electrons. The first-order valence-corrected chi connectivity index (χ1v) is 7.38. The monoisotopic (exact) mass is 405 g/mol. The van der Waals surface area contributed by atoms with Crippen LogP contribution in [-0.4, -0.2) is 17.0 Å². The molecule has 0 aliphatic rings. The third-order valence-corrected chi connectivity index (χ3v) is 4.56. The van der Waals surface area contributed by atoms with Gasteiger partial charge in [-0.05, 0) is 59.3 Å². The van der Waals surface area contributed by atoms with Crippen LogP contribution < -0.4 is 5.32 Å². The summed E-state index contributed by atoms with van der Waals surface area (Å²) in [7, 11) is 0. The predicted molar refractivity (Wildman–Crippen MR) is 83.1 cm³/mol. The molecule has 0 radical (unpaired) electrons. The van der Waals surface area contributed by atoms with E-state index in [0.717, 1.165) is 11.3 Å². The SMILES string of the molecule is Cc1cc(NC(=O)c2ccc(F)cc2I)sc1C(=O)O. The van der Waals surface area contributed by atoms with Gasteiger partial charge in [-0.3, -0.25) is 4.79 Å². The number of carboxylic acid groups (broad SMARTS) is 1. The van der Waals surface area contributed by atoms with Crippen molar-refractivity contribution in [1.29, 1.82) is 0 Å². The fourth-order valence-corrected chi connectivity index (χ4v) is 3.24. The molecule has 0 aliphatic carbocycles. The van der Waals surface area contributed by atoms with E-state index >= 15 is 0 Å². The largest absolute Gasteiger partial charge is 0.477 e. The third kappa shape index (κ3) is 3.15. The lowest BCUT2D eigenvalue weighted by molar-refractivity contribution is 0.0701. The van der Waals surface area contributed by atoms with Crippen molar-refractivity contribution in [2.24, 2.45) is 0 Å². The Morgan fingerprint density at radius 1 is 1.35 bits per heavy atom. The van der Waals surface area contributed by atoms with Gasteiger partial charge in [0.25, 0.3) is 5.91 Å². The number of aryl methyl sites for hydroxylation is 1. The van der Waals surface area contributed by atoms with E-state index < -0.39 is 17.7 Å². The van der Waals surface area contributed by atoms with Crippen molar-refractivity contribution in [3.05, 3.63) is 49.7 Å². The number of amides is 1. The van der Waals surface area contributed by atoms with Crippen LogP contribution in [0.25, 0.3) is 0 Å². The van der Waals surface area contributed by atoms with E-state index in [1.165, 1.54) is 18.2 Å². The molecule has 1 aromatic carbocycles. The molecule has 20 heavy (non-hydrogen) atoms. The predicted octanol–water partition coefficient (Wildman–Crippen LogP) is 3.75. The Labute approximate surface area is 131 Å². The number of carbonyl (C=O) groups is 2. The van der Waals surface area contributed by atoms with Gasteiger partial charge in [-0.15, -0.1) is 11.3 Å². The molecule has 0 unspecified atom stereocenters. The van der Waals surface area contributed by atoms with Crippen molar-refractivity contribution in [3.8, 4) is 0 Å². The Morgan fingerprint density at radius 3 is 2.60 bits per heavy atom. The average Bonchev–Trinajstić information content (AvgIpc) is 2.70. The van der Waals surface area contributed by atoms with E-state index in [1.807, 2.05) is 22.6 Å². The molecule has 1 heterocycles. The lowest BCUT2D eigenvalue weighted by Gasteiger charge is -2.04. The quantitative estimate of drug-likeness (QED) is 0.765. The van der Waals surface area contributed by atoms with Crippen molar-refractivity contribution in [3.63, 3.8) is 0 Å². The highest BCUT2D eigenvalue weighted by Gasteiger charge is 2.16. The summed E-state index contributed by atoms with van der Waals surface area (Å²) >= 11 is 2.87. The van der Waals surface area contributed by atoms with Gasteiger partial charge in [0, 0.05) is 3.57 Å². The van der Waals surface area contributed by atoms with E-state index in [2.05, 4.69) is 5.32 Å². The number of carboxylic acids is 1. The van der Waals surface area contributed by atoms with Gasteiger partial charge >= 0.3 is 5.97 Å². The molecule has 1 aromatic heterocycles. The lowest BCUT2D eigenvalue weighted by atomic mass is 10.2. The molecular weight excluding hydrogens is 396 g/mol. The van der Waals surface area contributed by atoms with Crippen LogP contribution in [0.4, 0.5) is 9.39 Å². The van der Waals surface area contributed by atoms with E-state index in [1.54, 1.807) is 13.0 Å². The number of halogens is 2. The summed E-state index contributed by atoms with van der Waals surface area (Å²) in [4.78, 5) is 23.2. The fourth-order valence-electron chi connectivity index (χ4n) is 1.61. The maximum absolute atomic E-state index is 13.0. The third-order valence-electron chi connectivity index (χ3n) is 2.52. The summed E-state index contributed by atoms with van der Waals surface area (Å²) in [6.07, 6.45) is 0. The Kier molecular flexibility index (Phi) is 4.39. The molecule has 1 amide bonds. The van der Waals surface area contributed by atoms with Crippen molar-refractivity contribution < 1.29 is 19.1 Å². The number of anilines is 1. The maximum atomic E-state index is 13.0. The smallest absolute Gasteiger partial charge is 0.346 e. The second-order valence-corrected chi connectivity index (χ2v) is 6.22. The fraction of sp³-hybridized carbons (Fsp3) is 0.0769. The van der Waals surface area contributed by atoms with Crippen LogP contribution in [0, 0.1) is 16.3 Å². The summed E-state index contributed by atoms with van der Waals surface area (Å²) in [6.45, 7) is 1.66. The van der Waals surface area contributed by atoms with Gasteiger partial charge in [-0.2, -0.15) is 0 Å². The van der Waals surface area contributed by atoms with Crippen LogP contribution in [0.15, 0.2) is 24.3 Å². The van der Waals surface area contributed by atoms with Crippen LogP contribution >= 0.6 is 33.9 Å². The number of thiophene rings is 1. The van der Waals surface area contributed by atoms with Crippen molar-refractivity contribution in [2.45, 2.75) is 6.92 Å². The number of aromatic carboxylic acids is 1. The van der Waals surface area contributed by atoms with E-state index in [9.17, 15) is 14.0 Å². The Morgan fingerprint density at radius 2 is 2.05 bits per heavy atom. The number of hydrogen-bond acceptors (Lipinski definition) is 3. The molecule has 0 saturated heterocycles. The highest BCUT2D eigenvalue weighted by molar-refractivity contribution is 14.1. The number of hydrogen-bond donors (Lipinski definition) is 2. The molecule has 4 nitrogen and oxygen atoms in total. The van der Waals surface area contributed by atoms with Crippen LogP contribution in [0.5, 0.6) is 0 Å². The lowest BCUT2D eigenvalue weighted by Crippen LogP contribution is -2.12. The van der Waals surface area contributed by atoms with Gasteiger partial charge in [-0.1, -0.05) is 0 Å². The highest BCUT2D eigenvalue weighted by atomic mass is 127. The molecule has 0 aliphatic heterocycles. The number of carbonyl (C=O) groups excluding carboxylic acids is 1. The number of nitrogens with one attached hydrogen (secondary N) is 1. The summed E-state index contributed by atoms with van der Waals surface area (Å²) in [6, 6.07) is 5.46. The molecule has 2 aromatic rings. The average molecular weight is 405 g/mol. The van der Waals surface area contributed by atoms with Crippen LogP contribution in [-0.2, 0) is 0 Å². The molecule has 0 spiro atoms. The maximum Gasteiger partial charge on any atom is 0.346 e. The topological polar surface area (TPSA) is 66.4 Å². The Hall–Kier alpha value is -1.48. The van der Waals surface area contributed by atoms with Gasteiger partial charge in [0.1, 0.15) is 10.7 Å². The first-order chi connectivity index (χ1) is 9.38. The summed E-state index contributed by atoms with van der Waals surface area (Å²) in [5, 5.41) is 12.0. The second kappa shape index (κ2) is 5.88. The first kappa shape index (κ1) is 14.9. The van der Waals surface area contributed by atoms with Crippen LogP contribution in [0.2, 0.25) is 0 Å². The number of rotatable bonds is 3. The Bertz CT molecular complexity index is 699. The van der Waals surface area contributed by atoms with E-state index in [-0.39, 0.29) is 4.88 Å². The summed E-state index contributed by atoms with van der Waals surface area (Å²) in [5.74, 6) is -1.83. The van der Waals surface area contributed by atoms with Crippen LogP contribution in [0.1, 0.15) is 25.6 Å². The van der Waals surface area contributed by atoms with Gasteiger partial charge in [-0.25, -0.2) is 9.18 Å². The van der Waals surface area contributed by atoms with Crippen molar-refractivity contribution in [2.75, 3.05) is 5.32 Å². The minimum Gasteiger partial charge on any atom is -0.477 e. The molecule has 7 heteroatoms. The zero-order chi connectivity index (χ0) is 14.9. The minimum absolute atomic E-state index is 0.189. The van der Waals surface area contributed by atoms with Crippen LogP contribution in [0.3, 0.4) is 0 Å². The standard InChI is InChI=1S/C13H9FINO3S/c1-6-4-10(20-11(6)13(18)19)16-12(17)8-3-2-7(14)5-9(8)15/h2-5H,1H3,(H,16,17)(H,18,19). The second-order valence-electron chi connectivity index (χ2n) is 4.01. The van der Waals surface area contributed by atoms with Gasteiger partial charge in [0.2, 0.25) is 0 Å². The van der Waals surface area contributed by atoms with E-state index in [4.69, 9.17) is 5.11 Å². The summed E-state index contributed by atoms with van der Waals surface area (Å²) in [5.41, 5.74) is 0.932.